The smallest absolute Gasteiger partial charge is 0.335 e. The number of nitrogens with one attached hydrogen (secondary N) is 2. The molecule has 1 aromatic carbocycles. The third-order valence-electron chi connectivity index (χ3n) is 3.73. The van der Waals surface area contributed by atoms with Crippen LogP contribution in [0.5, 0.6) is 0 Å². The van der Waals surface area contributed by atoms with Crippen molar-refractivity contribution in [1.82, 2.24) is 19.7 Å². The first-order chi connectivity index (χ1) is 11.8. The van der Waals surface area contributed by atoms with Crippen molar-refractivity contribution >= 4 is 23.0 Å². The lowest BCUT2D eigenvalue weighted by Crippen LogP contribution is -2.24. The summed E-state index contributed by atoms with van der Waals surface area (Å²) >= 11 is 0. The van der Waals surface area contributed by atoms with E-state index in [1.54, 1.807) is 16.8 Å². The van der Waals surface area contributed by atoms with E-state index in [-0.39, 0.29) is 16.7 Å². The van der Waals surface area contributed by atoms with E-state index in [4.69, 9.17) is 5.11 Å². The molecule has 0 aliphatic rings. The van der Waals surface area contributed by atoms with Crippen LogP contribution in [0, 0.1) is 0 Å². The minimum atomic E-state index is -0.966. The number of benzene rings is 1. The van der Waals surface area contributed by atoms with Gasteiger partial charge in [-0.25, -0.2) is 9.48 Å². The number of fused-ring (bicyclic) bond motifs is 1. The fourth-order valence-electron chi connectivity index (χ4n) is 2.44. The number of carboxylic acids is 1. The van der Waals surface area contributed by atoms with Gasteiger partial charge in [-0.1, -0.05) is 12.1 Å². The quantitative estimate of drug-likeness (QED) is 0.670. The number of H-pyrrole nitrogens is 1. The topological polar surface area (TPSA) is 113 Å². The third kappa shape index (κ3) is 3.37. The molecule has 0 unspecified atom stereocenters. The van der Waals surface area contributed by atoms with Crippen molar-refractivity contribution in [3.63, 3.8) is 0 Å². The van der Waals surface area contributed by atoms with Crippen LogP contribution in [-0.4, -0.2) is 30.8 Å². The summed E-state index contributed by atoms with van der Waals surface area (Å²) in [5.74, 6) is -0.628. The number of carbonyl (C=O) groups is 1. The standard InChI is InChI=1S/C17H19N5O3/c1-17(2,3)22-13-12(9-19-22)14(23)21-16(20-13)18-8-10-4-6-11(7-5-10)15(24)25/h4-7,9H,8H2,1-3H3,(H,24,25)(H2,18,20,21,23). The molecule has 0 radical (unpaired) electrons. The van der Waals surface area contributed by atoms with Crippen LogP contribution >= 0.6 is 0 Å². The lowest BCUT2D eigenvalue weighted by Gasteiger charge is -2.19. The van der Waals surface area contributed by atoms with Crippen LogP contribution in [0.25, 0.3) is 11.0 Å². The second kappa shape index (κ2) is 6.04. The number of hydrogen-bond acceptors (Lipinski definition) is 5. The average Bonchev–Trinajstić information content (AvgIpc) is 2.98. The normalized spacial score (nSPS) is 11.6. The molecule has 8 nitrogen and oxygen atoms in total. The first-order valence-corrected chi connectivity index (χ1v) is 7.80. The van der Waals surface area contributed by atoms with Gasteiger partial charge in [-0.05, 0) is 38.5 Å². The van der Waals surface area contributed by atoms with Crippen molar-refractivity contribution in [2.24, 2.45) is 0 Å². The lowest BCUT2D eigenvalue weighted by molar-refractivity contribution is 0.0697. The Morgan fingerprint density at radius 3 is 2.56 bits per heavy atom. The molecule has 2 aromatic heterocycles. The average molecular weight is 341 g/mol. The van der Waals surface area contributed by atoms with Gasteiger partial charge < -0.3 is 10.4 Å². The summed E-state index contributed by atoms with van der Waals surface area (Å²) in [6.07, 6.45) is 1.51. The molecule has 25 heavy (non-hydrogen) atoms. The largest absolute Gasteiger partial charge is 0.478 e. The second-order valence-electron chi connectivity index (χ2n) is 6.73. The van der Waals surface area contributed by atoms with Gasteiger partial charge in [0.2, 0.25) is 5.95 Å². The van der Waals surface area contributed by atoms with Gasteiger partial charge in [0.05, 0.1) is 17.3 Å². The molecule has 0 spiro atoms. The maximum absolute atomic E-state index is 12.2. The fourth-order valence-corrected chi connectivity index (χ4v) is 2.44. The number of rotatable bonds is 4. The molecule has 0 bridgehead atoms. The van der Waals surface area contributed by atoms with Crippen molar-refractivity contribution in [3.8, 4) is 0 Å². The number of anilines is 1. The van der Waals surface area contributed by atoms with E-state index in [0.717, 1.165) is 5.56 Å². The van der Waals surface area contributed by atoms with Crippen molar-refractivity contribution in [2.75, 3.05) is 5.32 Å². The lowest BCUT2D eigenvalue weighted by atomic mass is 10.1. The first-order valence-electron chi connectivity index (χ1n) is 7.80. The molecule has 0 fully saturated rings. The van der Waals surface area contributed by atoms with Gasteiger partial charge in [-0.15, -0.1) is 0 Å². The molecule has 0 saturated heterocycles. The third-order valence-corrected chi connectivity index (χ3v) is 3.73. The number of hydrogen-bond donors (Lipinski definition) is 3. The zero-order valence-corrected chi connectivity index (χ0v) is 14.2. The zero-order chi connectivity index (χ0) is 18.2. The molecule has 3 rings (SSSR count). The van der Waals surface area contributed by atoms with E-state index >= 15 is 0 Å². The number of aromatic carboxylic acids is 1. The summed E-state index contributed by atoms with van der Waals surface area (Å²) in [4.78, 5) is 30.2. The molecule has 0 saturated carbocycles. The summed E-state index contributed by atoms with van der Waals surface area (Å²) in [6.45, 7) is 6.36. The van der Waals surface area contributed by atoms with Crippen molar-refractivity contribution in [1.29, 1.82) is 0 Å². The molecular weight excluding hydrogens is 322 g/mol. The second-order valence-corrected chi connectivity index (χ2v) is 6.73. The van der Waals surface area contributed by atoms with Gasteiger partial charge in [0.1, 0.15) is 5.39 Å². The number of aromatic nitrogens is 4. The molecule has 0 aliphatic carbocycles. The predicted octanol–water partition coefficient (Wildman–Crippen LogP) is 2.18. The number of aromatic amines is 1. The van der Waals surface area contributed by atoms with Gasteiger partial charge in [0, 0.05) is 6.54 Å². The Morgan fingerprint density at radius 2 is 1.96 bits per heavy atom. The molecular formula is C17H19N5O3. The van der Waals surface area contributed by atoms with Crippen LogP contribution in [-0.2, 0) is 12.1 Å². The minimum absolute atomic E-state index is 0.228. The van der Waals surface area contributed by atoms with E-state index in [9.17, 15) is 9.59 Å². The highest BCUT2D eigenvalue weighted by Crippen LogP contribution is 2.18. The monoisotopic (exact) mass is 341 g/mol. The van der Waals surface area contributed by atoms with Crippen molar-refractivity contribution in [2.45, 2.75) is 32.9 Å². The van der Waals surface area contributed by atoms with Gasteiger partial charge >= 0.3 is 5.97 Å². The first kappa shape index (κ1) is 16.7. The molecule has 8 heteroatoms. The van der Waals surface area contributed by atoms with E-state index in [0.29, 0.717) is 23.5 Å². The highest BCUT2D eigenvalue weighted by Gasteiger charge is 2.19. The van der Waals surface area contributed by atoms with Gasteiger partial charge in [0.25, 0.3) is 5.56 Å². The van der Waals surface area contributed by atoms with E-state index in [1.165, 1.54) is 18.3 Å². The Morgan fingerprint density at radius 1 is 1.28 bits per heavy atom. The van der Waals surface area contributed by atoms with E-state index in [2.05, 4.69) is 20.4 Å². The maximum atomic E-state index is 12.2. The minimum Gasteiger partial charge on any atom is -0.478 e. The molecule has 3 N–H and O–H groups in total. The number of carboxylic acid groups (broad SMARTS) is 1. The van der Waals surface area contributed by atoms with Crippen molar-refractivity contribution < 1.29 is 9.90 Å². The summed E-state index contributed by atoms with van der Waals surface area (Å²) in [7, 11) is 0. The van der Waals surface area contributed by atoms with Gasteiger partial charge in [0.15, 0.2) is 5.65 Å². The van der Waals surface area contributed by atoms with Crippen LogP contribution in [0.15, 0.2) is 35.3 Å². The highest BCUT2D eigenvalue weighted by molar-refractivity contribution is 5.87. The molecule has 0 amide bonds. The van der Waals surface area contributed by atoms with E-state index in [1.807, 2.05) is 20.8 Å². The molecule has 130 valence electrons. The molecule has 0 atom stereocenters. The zero-order valence-electron chi connectivity index (χ0n) is 14.2. The maximum Gasteiger partial charge on any atom is 0.335 e. The molecule has 3 aromatic rings. The van der Waals surface area contributed by atoms with Crippen LogP contribution in [0.2, 0.25) is 0 Å². The Kier molecular flexibility index (Phi) is 4.03. The number of nitrogens with zero attached hydrogens (tertiary/aromatic N) is 3. The van der Waals surface area contributed by atoms with Gasteiger partial charge in [-0.2, -0.15) is 10.1 Å². The summed E-state index contributed by atoms with van der Waals surface area (Å²) < 4.78 is 1.71. The highest BCUT2D eigenvalue weighted by atomic mass is 16.4. The summed E-state index contributed by atoms with van der Waals surface area (Å²) in [6, 6.07) is 6.50. The Labute approximate surface area is 143 Å². The fraction of sp³-hybridized carbons (Fsp3) is 0.294. The summed E-state index contributed by atoms with van der Waals surface area (Å²) in [5, 5.41) is 16.7. The van der Waals surface area contributed by atoms with E-state index < -0.39 is 5.97 Å². The van der Waals surface area contributed by atoms with Crippen LogP contribution in [0.4, 0.5) is 5.95 Å². The van der Waals surface area contributed by atoms with Crippen LogP contribution < -0.4 is 10.9 Å². The predicted molar refractivity (Wildman–Crippen MR) is 93.9 cm³/mol. The van der Waals surface area contributed by atoms with Crippen LogP contribution in [0.1, 0.15) is 36.7 Å². The van der Waals surface area contributed by atoms with Crippen molar-refractivity contribution in [3.05, 3.63) is 51.9 Å². The Hall–Kier alpha value is -3.16. The molecule has 2 heterocycles. The summed E-state index contributed by atoms with van der Waals surface area (Å²) in [5.41, 5.74) is 1.05. The van der Waals surface area contributed by atoms with Crippen LogP contribution in [0.3, 0.4) is 0 Å². The van der Waals surface area contributed by atoms with Gasteiger partial charge in [-0.3, -0.25) is 9.78 Å². The SMILES string of the molecule is CC(C)(C)n1ncc2c(=O)[nH]c(NCc3ccc(C(=O)O)cc3)nc21. The molecule has 0 aliphatic heterocycles. The Bertz CT molecular complexity index is 980. The Balaban J connectivity index is 1.86.